The predicted octanol–water partition coefficient (Wildman–Crippen LogP) is 4.80. The fourth-order valence-electron chi connectivity index (χ4n) is 3.99. The van der Waals surface area contributed by atoms with Gasteiger partial charge in [0.25, 0.3) is 6.43 Å². The number of nitrogens with zero attached hydrogens (tertiary/aromatic N) is 1. The molecule has 31 heavy (non-hydrogen) atoms. The summed E-state index contributed by atoms with van der Waals surface area (Å²) < 4.78 is 26.7. The van der Waals surface area contributed by atoms with Gasteiger partial charge in [-0.15, -0.1) is 0 Å². The maximum absolute atomic E-state index is 13.4. The first-order chi connectivity index (χ1) is 14.9. The maximum Gasteiger partial charge on any atom is 0.278 e. The van der Waals surface area contributed by atoms with E-state index in [9.17, 15) is 23.2 Å². The van der Waals surface area contributed by atoms with E-state index in [1.807, 2.05) is 0 Å². The van der Waals surface area contributed by atoms with Crippen LogP contribution in [0.3, 0.4) is 0 Å². The Hall–Kier alpha value is -3.06. The molecule has 2 aliphatic heterocycles. The van der Waals surface area contributed by atoms with E-state index in [0.29, 0.717) is 34.7 Å². The van der Waals surface area contributed by atoms with Gasteiger partial charge in [0.15, 0.2) is 0 Å². The van der Waals surface area contributed by atoms with Gasteiger partial charge in [0.1, 0.15) is 0 Å². The average molecular weight is 445 g/mol. The van der Waals surface area contributed by atoms with Crippen LogP contribution in [0, 0.1) is 0 Å². The standard InChI is InChI=1S/C23H19ClF2N2O3/c24-21-15(3-1-4-16(21)17-11-12-19(29)27-23(17)31)13-7-9-14(10-8-13)28-18(22(25)26)5-2-6-20(28)30/h1,3-5,7-10,17,22H,2,6,11-12H2,(H,27,29,31). The number of hydrogen-bond acceptors (Lipinski definition) is 3. The van der Waals surface area contributed by atoms with Crippen LogP contribution in [0.15, 0.2) is 54.2 Å². The first kappa shape index (κ1) is 21.2. The molecule has 5 nitrogen and oxygen atoms in total. The SMILES string of the molecule is O=C1CCC(c2cccc(-c3ccc(N4C(=O)CCC=C4C(F)F)cc3)c2Cl)C(=O)N1. The number of allylic oxidation sites excluding steroid dienone is 2. The van der Waals surface area contributed by atoms with E-state index in [1.165, 1.54) is 6.08 Å². The number of halogens is 3. The number of amides is 3. The molecular formula is C23H19ClF2N2O3. The number of nitrogens with one attached hydrogen (secondary N) is 1. The van der Waals surface area contributed by atoms with Crippen LogP contribution in [0.5, 0.6) is 0 Å². The number of carbonyl (C=O) groups is 3. The van der Waals surface area contributed by atoms with Crippen molar-refractivity contribution in [3.8, 4) is 11.1 Å². The Morgan fingerprint density at radius 2 is 1.77 bits per heavy atom. The van der Waals surface area contributed by atoms with Crippen molar-refractivity contribution in [3.63, 3.8) is 0 Å². The highest BCUT2D eigenvalue weighted by Crippen LogP contribution is 2.38. The van der Waals surface area contributed by atoms with E-state index in [-0.39, 0.29) is 36.3 Å². The molecule has 1 fully saturated rings. The van der Waals surface area contributed by atoms with E-state index >= 15 is 0 Å². The fraction of sp³-hybridized carbons (Fsp3) is 0.261. The van der Waals surface area contributed by atoms with Crippen LogP contribution in [0.25, 0.3) is 11.1 Å². The third-order valence-electron chi connectivity index (χ3n) is 5.52. The summed E-state index contributed by atoms with van der Waals surface area (Å²) in [5.41, 5.74) is 2.07. The largest absolute Gasteiger partial charge is 0.296 e. The third-order valence-corrected chi connectivity index (χ3v) is 5.94. The molecule has 0 bridgehead atoms. The highest BCUT2D eigenvalue weighted by Gasteiger charge is 2.31. The van der Waals surface area contributed by atoms with Gasteiger partial charge in [-0.3, -0.25) is 24.6 Å². The van der Waals surface area contributed by atoms with Gasteiger partial charge in [-0.05, 0) is 36.1 Å². The zero-order chi connectivity index (χ0) is 22.1. The molecule has 2 aromatic rings. The van der Waals surface area contributed by atoms with Crippen molar-refractivity contribution in [2.75, 3.05) is 4.90 Å². The van der Waals surface area contributed by atoms with Crippen LogP contribution in [-0.2, 0) is 14.4 Å². The first-order valence-corrected chi connectivity index (χ1v) is 10.3. The number of carbonyl (C=O) groups excluding carboxylic acids is 3. The minimum Gasteiger partial charge on any atom is -0.296 e. The third kappa shape index (κ3) is 4.10. The van der Waals surface area contributed by atoms with Gasteiger partial charge in [0, 0.05) is 24.1 Å². The summed E-state index contributed by atoms with van der Waals surface area (Å²) in [5.74, 6) is -1.56. The van der Waals surface area contributed by atoms with Crippen molar-refractivity contribution in [3.05, 3.63) is 64.8 Å². The van der Waals surface area contributed by atoms with E-state index < -0.39 is 12.3 Å². The lowest BCUT2D eigenvalue weighted by Gasteiger charge is -2.28. The minimum absolute atomic E-state index is 0.178. The van der Waals surface area contributed by atoms with E-state index in [4.69, 9.17) is 11.6 Å². The Morgan fingerprint density at radius 1 is 1.03 bits per heavy atom. The van der Waals surface area contributed by atoms with Crippen LogP contribution in [-0.4, -0.2) is 24.1 Å². The van der Waals surface area contributed by atoms with E-state index in [1.54, 1.807) is 42.5 Å². The second-order valence-corrected chi connectivity index (χ2v) is 7.83. The van der Waals surface area contributed by atoms with Crippen LogP contribution in [0.4, 0.5) is 14.5 Å². The lowest BCUT2D eigenvalue weighted by molar-refractivity contribution is -0.134. The number of alkyl halides is 2. The fourth-order valence-corrected chi connectivity index (χ4v) is 4.36. The molecule has 3 amide bonds. The zero-order valence-corrected chi connectivity index (χ0v) is 17.2. The second kappa shape index (κ2) is 8.59. The molecule has 2 heterocycles. The lowest BCUT2D eigenvalue weighted by atomic mass is 9.88. The Morgan fingerprint density at radius 3 is 2.45 bits per heavy atom. The van der Waals surface area contributed by atoms with Crippen molar-refractivity contribution < 1.29 is 23.2 Å². The number of anilines is 1. The molecule has 1 N–H and O–H groups in total. The summed E-state index contributed by atoms with van der Waals surface area (Å²) in [6, 6.07) is 11.9. The molecule has 1 saturated heterocycles. The summed E-state index contributed by atoms with van der Waals surface area (Å²) in [6.07, 6.45) is -0.251. The van der Waals surface area contributed by atoms with E-state index in [2.05, 4.69) is 5.32 Å². The molecule has 1 atom stereocenters. The summed E-state index contributed by atoms with van der Waals surface area (Å²) in [7, 11) is 0. The normalized spacial score (nSPS) is 19.5. The second-order valence-electron chi connectivity index (χ2n) is 7.46. The van der Waals surface area contributed by atoms with Crippen LogP contribution < -0.4 is 10.2 Å². The van der Waals surface area contributed by atoms with Crippen molar-refractivity contribution in [2.45, 2.75) is 38.0 Å². The molecule has 160 valence electrons. The average Bonchev–Trinajstić information content (AvgIpc) is 2.74. The highest BCUT2D eigenvalue weighted by atomic mass is 35.5. The van der Waals surface area contributed by atoms with E-state index in [0.717, 1.165) is 10.5 Å². The number of hydrogen-bond donors (Lipinski definition) is 1. The Balaban J connectivity index is 1.65. The highest BCUT2D eigenvalue weighted by molar-refractivity contribution is 6.34. The molecule has 8 heteroatoms. The van der Waals surface area contributed by atoms with Crippen molar-refractivity contribution >= 4 is 35.0 Å². The number of piperidine rings is 1. The van der Waals surface area contributed by atoms with Crippen LogP contribution >= 0.6 is 11.6 Å². The Kier molecular flexibility index (Phi) is 5.87. The van der Waals surface area contributed by atoms with Gasteiger partial charge >= 0.3 is 0 Å². The molecule has 0 aromatic heterocycles. The predicted molar refractivity (Wildman–Crippen MR) is 113 cm³/mol. The molecule has 2 aromatic carbocycles. The summed E-state index contributed by atoms with van der Waals surface area (Å²) in [6.45, 7) is 0. The molecule has 0 aliphatic carbocycles. The van der Waals surface area contributed by atoms with Crippen molar-refractivity contribution in [1.29, 1.82) is 0 Å². The molecule has 0 spiro atoms. The van der Waals surface area contributed by atoms with Gasteiger partial charge < -0.3 is 0 Å². The Bertz CT molecular complexity index is 1080. The lowest BCUT2D eigenvalue weighted by Crippen LogP contribution is -2.39. The molecule has 4 rings (SSSR count). The first-order valence-electron chi connectivity index (χ1n) is 9.90. The van der Waals surface area contributed by atoms with Crippen LogP contribution in [0.2, 0.25) is 5.02 Å². The smallest absolute Gasteiger partial charge is 0.278 e. The molecule has 1 unspecified atom stereocenters. The minimum atomic E-state index is -2.75. The maximum atomic E-state index is 13.4. The monoisotopic (exact) mass is 444 g/mol. The zero-order valence-electron chi connectivity index (χ0n) is 16.4. The summed E-state index contributed by atoms with van der Waals surface area (Å²) in [4.78, 5) is 37.0. The van der Waals surface area contributed by atoms with Gasteiger partial charge in [0.05, 0.1) is 16.6 Å². The number of imide groups is 1. The van der Waals surface area contributed by atoms with Gasteiger partial charge in [-0.2, -0.15) is 0 Å². The molecular weight excluding hydrogens is 426 g/mol. The van der Waals surface area contributed by atoms with Gasteiger partial charge in [-0.25, -0.2) is 8.78 Å². The molecule has 0 saturated carbocycles. The summed E-state index contributed by atoms with van der Waals surface area (Å²) in [5, 5.41) is 2.73. The topological polar surface area (TPSA) is 66.5 Å². The molecule has 2 aliphatic rings. The quantitative estimate of drug-likeness (QED) is 0.689. The Labute approximate surface area is 182 Å². The van der Waals surface area contributed by atoms with Crippen LogP contribution in [0.1, 0.15) is 37.2 Å². The number of rotatable bonds is 4. The van der Waals surface area contributed by atoms with Gasteiger partial charge in [0.2, 0.25) is 17.7 Å². The van der Waals surface area contributed by atoms with Crippen molar-refractivity contribution in [2.24, 2.45) is 0 Å². The van der Waals surface area contributed by atoms with Gasteiger partial charge in [-0.1, -0.05) is 48.0 Å². The van der Waals surface area contributed by atoms with Crippen molar-refractivity contribution in [1.82, 2.24) is 5.32 Å². The number of benzene rings is 2. The summed E-state index contributed by atoms with van der Waals surface area (Å²) >= 11 is 6.62. The molecule has 0 radical (unpaired) electrons.